The van der Waals surface area contributed by atoms with Crippen LogP contribution in [0.4, 0.5) is 0 Å². The van der Waals surface area contributed by atoms with Crippen LogP contribution in [-0.2, 0) is 0 Å². The number of aliphatic hydroxyl groups excluding tert-OH is 1. The minimum absolute atomic E-state index is 0.329. The molecule has 20 heavy (non-hydrogen) atoms. The summed E-state index contributed by atoms with van der Waals surface area (Å²) in [4.78, 5) is 9.00. The van der Waals surface area contributed by atoms with Crippen molar-refractivity contribution in [2.24, 2.45) is 5.92 Å². The highest BCUT2D eigenvalue weighted by molar-refractivity contribution is 5.82. The molecule has 1 heterocycles. The number of fused-ring (bicyclic) bond motifs is 1. The molecule has 0 unspecified atom stereocenters. The van der Waals surface area contributed by atoms with E-state index in [1.165, 1.54) is 22.2 Å². The molecule has 0 saturated heterocycles. The fourth-order valence-corrected chi connectivity index (χ4v) is 3.28. The molecule has 1 fully saturated rings. The van der Waals surface area contributed by atoms with E-state index in [0.717, 1.165) is 31.2 Å². The van der Waals surface area contributed by atoms with Gasteiger partial charge in [-0.15, -0.1) is 0 Å². The molecule has 1 aliphatic rings. The fraction of sp³-hybridized carbons (Fsp3) is 0.529. The van der Waals surface area contributed by atoms with E-state index in [4.69, 9.17) is 0 Å². The number of aliphatic hydroxyl groups is 1. The van der Waals surface area contributed by atoms with E-state index in [9.17, 15) is 5.11 Å². The van der Waals surface area contributed by atoms with Crippen LogP contribution in [0.5, 0.6) is 0 Å². The molecule has 0 radical (unpaired) electrons. The summed E-state index contributed by atoms with van der Waals surface area (Å²) in [6, 6.07) is 4.40. The monoisotopic (exact) mass is 270 g/mol. The lowest BCUT2D eigenvalue weighted by atomic mass is 9.80. The number of rotatable bonds is 2. The van der Waals surface area contributed by atoms with Crippen LogP contribution in [0.2, 0.25) is 0 Å². The Morgan fingerprint density at radius 1 is 1.05 bits per heavy atom. The summed E-state index contributed by atoms with van der Waals surface area (Å²) < 4.78 is 0. The first-order valence-electron chi connectivity index (χ1n) is 7.51. The highest BCUT2D eigenvalue weighted by atomic mass is 16.3. The lowest BCUT2D eigenvalue weighted by Crippen LogP contribution is -2.17. The van der Waals surface area contributed by atoms with E-state index in [2.05, 4.69) is 35.9 Å². The SMILES string of the molecule is Cc1cc2ncnc(C3CCC(CO)CC3)c2cc1C. The van der Waals surface area contributed by atoms with E-state index in [-0.39, 0.29) is 0 Å². The molecule has 1 aromatic carbocycles. The second-order valence-electron chi connectivity index (χ2n) is 6.11. The van der Waals surface area contributed by atoms with Gasteiger partial charge in [0.05, 0.1) is 11.2 Å². The summed E-state index contributed by atoms with van der Waals surface area (Å²) in [6.45, 7) is 4.60. The van der Waals surface area contributed by atoms with Gasteiger partial charge in [0.2, 0.25) is 0 Å². The third-order valence-electron chi connectivity index (χ3n) is 4.77. The molecule has 0 atom stereocenters. The highest BCUT2D eigenvalue weighted by Crippen LogP contribution is 2.37. The molecule has 0 spiro atoms. The van der Waals surface area contributed by atoms with Gasteiger partial charge in [-0.25, -0.2) is 9.97 Å². The van der Waals surface area contributed by atoms with Gasteiger partial charge in [-0.1, -0.05) is 0 Å². The number of nitrogens with zero attached hydrogens (tertiary/aromatic N) is 2. The number of aromatic nitrogens is 2. The Morgan fingerprint density at radius 3 is 2.45 bits per heavy atom. The van der Waals surface area contributed by atoms with Gasteiger partial charge in [0.25, 0.3) is 0 Å². The maximum atomic E-state index is 9.26. The average Bonchev–Trinajstić information content (AvgIpc) is 2.48. The Kier molecular flexibility index (Phi) is 3.70. The molecule has 2 aromatic rings. The molecule has 1 aliphatic carbocycles. The molecular formula is C17H22N2O. The lowest BCUT2D eigenvalue weighted by Gasteiger charge is -2.27. The number of benzene rings is 1. The van der Waals surface area contributed by atoms with E-state index in [1.54, 1.807) is 6.33 Å². The second-order valence-corrected chi connectivity index (χ2v) is 6.11. The van der Waals surface area contributed by atoms with E-state index >= 15 is 0 Å². The zero-order valence-electron chi connectivity index (χ0n) is 12.3. The Labute approximate surface area is 120 Å². The van der Waals surface area contributed by atoms with Crippen molar-refractivity contribution in [1.82, 2.24) is 9.97 Å². The molecule has 3 heteroatoms. The van der Waals surface area contributed by atoms with Crippen LogP contribution < -0.4 is 0 Å². The average molecular weight is 270 g/mol. The van der Waals surface area contributed by atoms with Gasteiger partial charge in [0, 0.05) is 17.9 Å². The molecular weight excluding hydrogens is 248 g/mol. The van der Waals surface area contributed by atoms with Crippen LogP contribution >= 0.6 is 0 Å². The zero-order valence-corrected chi connectivity index (χ0v) is 12.3. The number of hydrogen-bond donors (Lipinski definition) is 1. The van der Waals surface area contributed by atoms with Gasteiger partial charge in [-0.3, -0.25) is 0 Å². The van der Waals surface area contributed by atoms with Crippen molar-refractivity contribution in [3.05, 3.63) is 35.3 Å². The number of hydrogen-bond acceptors (Lipinski definition) is 3. The Bertz CT molecular complexity index is 616. The maximum Gasteiger partial charge on any atom is 0.116 e. The van der Waals surface area contributed by atoms with Crippen LogP contribution in [0.1, 0.15) is 48.4 Å². The van der Waals surface area contributed by atoms with Crippen molar-refractivity contribution < 1.29 is 5.11 Å². The molecule has 0 aliphatic heterocycles. The van der Waals surface area contributed by atoms with Gasteiger partial charge in [-0.05, 0) is 68.7 Å². The van der Waals surface area contributed by atoms with E-state index < -0.39 is 0 Å². The Balaban J connectivity index is 1.97. The lowest BCUT2D eigenvalue weighted by molar-refractivity contribution is 0.182. The summed E-state index contributed by atoms with van der Waals surface area (Å²) in [5.74, 6) is 1.01. The summed E-state index contributed by atoms with van der Waals surface area (Å²) in [5, 5.41) is 10.5. The molecule has 1 saturated carbocycles. The molecule has 3 rings (SSSR count). The predicted molar refractivity (Wildman–Crippen MR) is 80.8 cm³/mol. The van der Waals surface area contributed by atoms with Crippen LogP contribution in [0, 0.1) is 19.8 Å². The van der Waals surface area contributed by atoms with Gasteiger partial charge in [0.15, 0.2) is 0 Å². The molecule has 0 amide bonds. The summed E-state index contributed by atoms with van der Waals surface area (Å²) in [5.41, 5.74) is 4.85. The van der Waals surface area contributed by atoms with Crippen molar-refractivity contribution in [3.8, 4) is 0 Å². The molecule has 0 bridgehead atoms. The predicted octanol–water partition coefficient (Wildman–Crippen LogP) is 3.51. The smallest absolute Gasteiger partial charge is 0.116 e. The van der Waals surface area contributed by atoms with Gasteiger partial charge < -0.3 is 5.11 Å². The molecule has 106 valence electrons. The Hall–Kier alpha value is -1.48. The minimum atomic E-state index is 0.329. The first-order valence-corrected chi connectivity index (χ1v) is 7.51. The van der Waals surface area contributed by atoms with Crippen LogP contribution in [-0.4, -0.2) is 21.7 Å². The number of aryl methyl sites for hydroxylation is 2. The highest BCUT2D eigenvalue weighted by Gasteiger charge is 2.24. The third kappa shape index (κ3) is 2.42. The fourth-order valence-electron chi connectivity index (χ4n) is 3.28. The standard InChI is InChI=1S/C17H22N2O/c1-11-7-15-16(8-12(11)2)18-10-19-17(15)14-5-3-13(9-20)4-6-14/h7-8,10,13-14,20H,3-6,9H2,1-2H3. The van der Waals surface area contributed by atoms with E-state index in [1.807, 2.05) is 0 Å². The van der Waals surface area contributed by atoms with Crippen molar-refractivity contribution in [2.75, 3.05) is 6.61 Å². The summed E-state index contributed by atoms with van der Waals surface area (Å²) in [6.07, 6.45) is 6.17. The van der Waals surface area contributed by atoms with Crippen molar-refractivity contribution >= 4 is 10.9 Å². The largest absolute Gasteiger partial charge is 0.396 e. The Morgan fingerprint density at radius 2 is 1.75 bits per heavy atom. The minimum Gasteiger partial charge on any atom is -0.396 e. The third-order valence-corrected chi connectivity index (χ3v) is 4.77. The van der Waals surface area contributed by atoms with Gasteiger partial charge in [0.1, 0.15) is 6.33 Å². The normalized spacial score (nSPS) is 23.1. The quantitative estimate of drug-likeness (QED) is 0.908. The van der Waals surface area contributed by atoms with E-state index in [0.29, 0.717) is 18.4 Å². The molecule has 1 N–H and O–H groups in total. The van der Waals surface area contributed by atoms with Gasteiger partial charge in [-0.2, -0.15) is 0 Å². The summed E-state index contributed by atoms with van der Waals surface area (Å²) in [7, 11) is 0. The van der Waals surface area contributed by atoms with Crippen molar-refractivity contribution in [2.45, 2.75) is 45.4 Å². The van der Waals surface area contributed by atoms with Crippen LogP contribution in [0.15, 0.2) is 18.5 Å². The van der Waals surface area contributed by atoms with Crippen molar-refractivity contribution in [1.29, 1.82) is 0 Å². The van der Waals surface area contributed by atoms with Crippen LogP contribution in [0.25, 0.3) is 10.9 Å². The van der Waals surface area contributed by atoms with Crippen molar-refractivity contribution in [3.63, 3.8) is 0 Å². The van der Waals surface area contributed by atoms with Gasteiger partial charge >= 0.3 is 0 Å². The maximum absolute atomic E-state index is 9.26. The second kappa shape index (κ2) is 5.49. The van der Waals surface area contributed by atoms with Crippen LogP contribution in [0.3, 0.4) is 0 Å². The first-order chi connectivity index (χ1) is 9.69. The first kappa shape index (κ1) is 13.5. The molecule has 1 aromatic heterocycles. The zero-order chi connectivity index (χ0) is 14.1. The topological polar surface area (TPSA) is 46.0 Å². The summed E-state index contributed by atoms with van der Waals surface area (Å²) >= 11 is 0. The molecule has 3 nitrogen and oxygen atoms in total.